The van der Waals surface area contributed by atoms with Crippen LogP contribution in [-0.2, 0) is 0 Å². The summed E-state index contributed by atoms with van der Waals surface area (Å²) in [6.07, 6.45) is 0. The Hall–Kier alpha value is -1.65. The maximum absolute atomic E-state index is 10.7. The van der Waals surface area contributed by atoms with E-state index in [1.165, 1.54) is 6.07 Å². The quantitative estimate of drug-likeness (QED) is 0.875. The van der Waals surface area contributed by atoms with E-state index in [1.807, 2.05) is 6.92 Å². The van der Waals surface area contributed by atoms with Crippen molar-refractivity contribution in [2.24, 2.45) is 0 Å². The number of carboxylic acids is 1. The monoisotopic (exact) mass is 299 g/mol. The van der Waals surface area contributed by atoms with Crippen molar-refractivity contribution in [3.05, 3.63) is 51.9 Å². The van der Waals surface area contributed by atoms with Crippen molar-refractivity contribution >= 4 is 34.9 Å². The van der Waals surface area contributed by atoms with Crippen molar-refractivity contribution < 1.29 is 14.3 Å². The molecule has 0 fully saturated rings. The zero-order valence-corrected chi connectivity index (χ0v) is 11.5. The summed E-state index contributed by atoms with van der Waals surface area (Å²) in [5, 5.41) is 12.9. The summed E-state index contributed by atoms with van der Waals surface area (Å²) in [6.45, 7) is 1.85. The van der Waals surface area contributed by atoms with E-state index in [9.17, 15) is 4.79 Å². The summed E-state index contributed by atoms with van der Waals surface area (Å²) in [7, 11) is 0. The number of benzene rings is 1. The number of nitrogens with one attached hydrogen (secondary N) is 1. The number of hydrogen-bond acceptors (Lipinski definition) is 3. The predicted molar refractivity (Wildman–Crippen MR) is 74.2 cm³/mol. The Bertz CT molecular complexity index is 610. The molecule has 0 aliphatic carbocycles. The fourth-order valence-corrected chi connectivity index (χ4v) is 1.91. The molecule has 0 radical (unpaired) electrons. The van der Waals surface area contributed by atoms with Gasteiger partial charge in [-0.2, -0.15) is 0 Å². The van der Waals surface area contributed by atoms with Gasteiger partial charge in [-0.15, -0.1) is 0 Å². The molecule has 6 heteroatoms. The van der Waals surface area contributed by atoms with Crippen molar-refractivity contribution in [3.8, 4) is 0 Å². The number of aromatic carboxylic acids is 1. The maximum atomic E-state index is 10.7. The van der Waals surface area contributed by atoms with Gasteiger partial charge in [-0.25, -0.2) is 4.79 Å². The molecule has 0 aliphatic heterocycles. The zero-order valence-electron chi connectivity index (χ0n) is 9.98. The molecule has 100 valence electrons. The van der Waals surface area contributed by atoms with E-state index < -0.39 is 5.97 Å². The SMILES string of the molecule is CC(Nc1ccc(Cl)c(Cl)c1)c1ccc(C(=O)O)o1. The van der Waals surface area contributed by atoms with Crippen LogP contribution in [0.15, 0.2) is 34.7 Å². The number of rotatable bonds is 4. The molecule has 2 N–H and O–H groups in total. The van der Waals surface area contributed by atoms with Crippen molar-refractivity contribution in [1.29, 1.82) is 0 Å². The molecule has 1 aromatic heterocycles. The lowest BCUT2D eigenvalue weighted by atomic mass is 10.2. The molecule has 2 aromatic rings. The summed E-state index contributed by atoms with van der Waals surface area (Å²) in [6, 6.07) is 8.02. The lowest BCUT2D eigenvalue weighted by molar-refractivity contribution is 0.0660. The molecule has 0 aliphatic rings. The van der Waals surface area contributed by atoms with Crippen LogP contribution in [0, 0.1) is 0 Å². The van der Waals surface area contributed by atoms with Gasteiger partial charge in [0.1, 0.15) is 5.76 Å². The molecule has 1 atom stereocenters. The maximum Gasteiger partial charge on any atom is 0.371 e. The first-order valence-corrected chi connectivity index (χ1v) is 6.27. The van der Waals surface area contributed by atoms with Crippen LogP contribution in [0.4, 0.5) is 5.69 Å². The van der Waals surface area contributed by atoms with E-state index in [2.05, 4.69) is 5.32 Å². The Morgan fingerprint density at radius 1 is 1.26 bits per heavy atom. The molecule has 0 amide bonds. The average molecular weight is 300 g/mol. The minimum Gasteiger partial charge on any atom is -0.475 e. The van der Waals surface area contributed by atoms with Gasteiger partial charge in [0.2, 0.25) is 5.76 Å². The average Bonchev–Trinajstić information content (AvgIpc) is 2.83. The molecule has 0 saturated heterocycles. The highest BCUT2D eigenvalue weighted by atomic mass is 35.5. The van der Waals surface area contributed by atoms with Crippen LogP contribution >= 0.6 is 23.2 Å². The van der Waals surface area contributed by atoms with Crippen LogP contribution in [-0.4, -0.2) is 11.1 Å². The van der Waals surface area contributed by atoms with Crippen LogP contribution in [0.2, 0.25) is 10.0 Å². The van der Waals surface area contributed by atoms with Gasteiger partial charge in [0, 0.05) is 5.69 Å². The van der Waals surface area contributed by atoms with Crippen molar-refractivity contribution in [3.63, 3.8) is 0 Å². The normalized spacial score (nSPS) is 12.2. The Kier molecular flexibility index (Phi) is 4.02. The van der Waals surface area contributed by atoms with Gasteiger partial charge >= 0.3 is 5.97 Å². The fraction of sp³-hybridized carbons (Fsp3) is 0.154. The van der Waals surface area contributed by atoms with Gasteiger partial charge in [0.25, 0.3) is 0 Å². The van der Waals surface area contributed by atoms with Crippen LogP contribution in [0.3, 0.4) is 0 Å². The molecule has 1 heterocycles. The van der Waals surface area contributed by atoms with Crippen molar-refractivity contribution in [2.45, 2.75) is 13.0 Å². The Balaban J connectivity index is 2.13. The minimum atomic E-state index is -1.09. The van der Waals surface area contributed by atoms with E-state index in [0.29, 0.717) is 15.8 Å². The first-order chi connectivity index (χ1) is 8.97. The number of carbonyl (C=O) groups is 1. The zero-order chi connectivity index (χ0) is 14.0. The number of hydrogen-bond donors (Lipinski definition) is 2. The molecular formula is C13H11Cl2NO3. The lowest BCUT2D eigenvalue weighted by Gasteiger charge is -2.13. The molecule has 1 aromatic carbocycles. The molecule has 2 rings (SSSR count). The highest BCUT2D eigenvalue weighted by Gasteiger charge is 2.14. The predicted octanol–water partition coefficient (Wildman–Crippen LogP) is 4.46. The Morgan fingerprint density at radius 3 is 2.58 bits per heavy atom. The third-order valence-electron chi connectivity index (χ3n) is 2.57. The minimum absolute atomic E-state index is 0.0854. The second-order valence-electron chi connectivity index (χ2n) is 4.00. The summed E-state index contributed by atoms with van der Waals surface area (Å²) >= 11 is 11.7. The molecular weight excluding hydrogens is 289 g/mol. The van der Waals surface area contributed by atoms with Crippen LogP contribution in [0.1, 0.15) is 29.3 Å². The second-order valence-corrected chi connectivity index (χ2v) is 4.82. The molecule has 4 nitrogen and oxygen atoms in total. The Labute approximate surface area is 119 Å². The third-order valence-corrected chi connectivity index (χ3v) is 3.31. The summed E-state index contributed by atoms with van der Waals surface area (Å²) in [5.74, 6) is -0.644. The van der Waals surface area contributed by atoms with E-state index in [-0.39, 0.29) is 11.8 Å². The smallest absolute Gasteiger partial charge is 0.371 e. The first kappa shape index (κ1) is 13.8. The highest BCUT2D eigenvalue weighted by Crippen LogP contribution is 2.27. The summed E-state index contributed by atoms with van der Waals surface area (Å²) in [5.41, 5.74) is 0.773. The first-order valence-electron chi connectivity index (χ1n) is 5.52. The van der Waals surface area contributed by atoms with E-state index in [1.54, 1.807) is 24.3 Å². The van der Waals surface area contributed by atoms with Crippen LogP contribution in [0.5, 0.6) is 0 Å². The lowest BCUT2D eigenvalue weighted by Crippen LogP contribution is -2.05. The summed E-state index contributed by atoms with van der Waals surface area (Å²) in [4.78, 5) is 10.7. The summed E-state index contributed by atoms with van der Waals surface area (Å²) < 4.78 is 5.21. The van der Waals surface area contributed by atoms with Crippen LogP contribution < -0.4 is 5.32 Å². The molecule has 1 unspecified atom stereocenters. The third kappa shape index (κ3) is 3.22. The molecule has 0 saturated carbocycles. The number of furan rings is 1. The number of anilines is 1. The van der Waals surface area contributed by atoms with Gasteiger partial charge in [0.05, 0.1) is 16.1 Å². The van der Waals surface area contributed by atoms with E-state index in [4.69, 9.17) is 32.7 Å². The number of halogens is 2. The van der Waals surface area contributed by atoms with Crippen molar-refractivity contribution in [2.75, 3.05) is 5.32 Å². The highest BCUT2D eigenvalue weighted by molar-refractivity contribution is 6.42. The molecule has 0 bridgehead atoms. The van der Waals surface area contributed by atoms with Gasteiger partial charge in [-0.05, 0) is 37.3 Å². The van der Waals surface area contributed by atoms with E-state index >= 15 is 0 Å². The standard InChI is InChI=1S/C13H11Cl2NO3/c1-7(11-4-5-12(19-11)13(17)18)16-8-2-3-9(14)10(15)6-8/h2-7,16H,1H3,(H,17,18). The van der Waals surface area contributed by atoms with Gasteiger partial charge in [0.15, 0.2) is 0 Å². The van der Waals surface area contributed by atoms with Gasteiger partial charge in [-0.3, -0.25) is 0 Å². The Morgan fingerprint density at radius 2 is 2.00 bits per heavy atom. The van der Waals surface area contributed by atoms with Crippen LogP contribution in [0.25, 0.3) is 0 Å². The van der Waals surface area contributed by atoms with Gasteiger partial charge < -0.3 is 14.8 Å². The fourth-order valence-electron chi connectivity index (χ4n) is 1.61. The molecule has 0 spiro atoms. The second kappa shape index (κ2) is 5.55. The largest absolute Gasteiger partial charge is 0.475 e. The molecule has 19 heavy (non-hydrogen) atoms. The van der Waals surface area contributed by atoms with Gasteiger partial charge in [-0.1, -0.05) is 23.2 Å². The van der Waals surface area contributed by atoms with E-state index in [0.717, 1.165) is 5.69 Å². The topological polar surface area (TPSA) is 62.5 Å². The van der Waals surface area contributed by atoms with Crippen molar-refractivity contribution in [1.82, 2.24) is 0 Å². The number of carboxylic acid groups (broad SMARTS) is 1.